The molecule has 0 amide bonds. The van der Waals surface area contributed by atoms with E-state index in [0.29, 0.717) is 23.9 Å². The number of esters is 1. The summed E-state index contributed by atoms with van der Waals surface area (Å²) in [4.78, 5) is 13.6. The van der Waals surface area contributed by atoms with E-state index < -0.39 is 6.10 Å². The van der Waals surface area contributed by atoms with Crippen molar-refractivity contribution in [2.75, 3.05) is 27.2 Å². The van der Waals surface area contributed by atoms with Gasteiger partial charge in [0, 0.05) is 11.6 Å². The Labute approximate surface area is 125 Å². The van der Waals surface area contributed by atoms with Gasteiger partial charge in [-0.05, 0) is 45.3 Å². The maximum Gasteiger partial charge on any atom is 0.348 e. The first-order valence-electron chi connectivity index (χ1n) is 5.76. The molecule has 0 heterocycles. The molecule has 0 bridgehead atoms. The molecule has 0 saturated carbocycles. The second-order valence-corrected chi connectivity index (χ2v) is 4.51. The zero-order chi connectivity index (χ0) is 13.5. The lowest BCUT2D eigenvalue weighted by molar-refractivity contribution is -0.152. The van der Waals surface area contributed by atoms with Crippen LogP contribution in [0.15, 0.2) is 24.3 Å². The molecule has 0 radical (unpaired) electrons. The Morgan fingerprint density at radius 2 is 1.89 bits per heavy atom. The molecule has 0 saturated heterocycles. The average molecular weight is 308 g/mol. The van der Waals surface area contributed by atoms with Gasteiger partial charge in [0.2, 0.25) is 6.10 Å². The highest BCUT2D eigenvalue weighted by molar-refractivity contribution is 6.30. The fourth-order valence-corrected chi connectivity index (χ4v) is 1.53. The molecule has 6 heteroatoms. The van der Waals surface area contributed by atoms with Crippen LogP contribution in [0.5, 0.6) is 5.75 Å². The monoisotopic (exact) mass is 307 g/mol. The number of rotatable bonds is 6. The minimum Gasteiger partial charge on any atom is -0.477 e. The van der Waals surface area contributed by atoms with E-state index >= 15 is 0 Å². The van der Waals surface area contributed by atoms with E-state index in [4.69, 9.17) is 21.1 Å². The summed E-state index contributed by atoms with van der Waals surface area (Å²) in [5, 5.41) is 0.627. The Morgan fingerprint density at radius 1 is 1.32 bits per heavy atom. The van der Waals surface area contributed by atoms with Crippen molar-refractivity contribution in [3.8, 4) is 5.75 Å². The van der Waals surface area contributed by atoms with E-state index in [-0.39, 0.29) is 18.4 Å². The lowest BCUT2D eigenvalue weighted by atomic mass is 10.3. The molecule has 1 rings (SSSR count). The maximum atomic E-state index is 11.8. The van der Waals surface area contributed by atoms with Crippen LogP contribution in [0.3, 0.4) is 0 Å². The quantitative estimate of drug-likeness (QED) is 0.757. The first-order chi connectivity index (χ1) is 8.52. The van der Waals surface area contributed by atoms with Gasteiger partial charge in [0.25, 0.3) is 0 Å². The molecule has 0 aliphatic carbocycles. The van der Waals surface area contributed by atoms with E-state index in [2.05, 4.69) is 0 Å². The summed E-state index contributed by atoms with van der Waals surface area (Å²) in [5.74, 6) is 0.237. The van der Waals surface area contributed by atoms with Crippen molar-refractivity contribution in [3.05, 3.63) is 29.3 Å². The van der Waals surface area contributed by atoms with Crippen molar-refractivity contribution < 1.29 is 14.3 Å². The summed E-state index contributed by atoms with van der Waals surface area (Å²) in [6, 6.07) is 6.89. The number of halogens is 2. The van der Waals surface area contributed by atoms with Crippen molar-refractivity contribution >= 4 is 30.0 Å². The molecule has 108 valence electrons. The Morgan fingerprint density at radius 3 is 2.37 bits per heavy atom. The van der Waals surface area contributed by atoms with Crippen LogP contribution in [-0.2, 0) is 9.53 Å². The van der Waals surface area contributed by atoms with Crippen LogP contribution in [0.1, 0.15) is 6.92 Å². The van der Waals surface area contributed by atoms with Crippen LogP contribution >= 0.6 is 24.0 Å². The Bertz CT molecular complexity index is 382. The summed E-state index contributed by atoms with van der Waals surface area (Å²) in [6.45, 7) is 2.57. The SMILES string of the molecule is CCOC(=O)C(CN(C)C)Oc1ccc(Cl)cc1.Cl. The topological polar surface area (TPSA) is 38.8 Å². The number of hydrogen-bond donors (Lipinski definition) is 0. The van der Waals surface area contributed by atoms with Gasteiger partial charge in [0.1, 0.15) is 5.75 Å². The smallest absolute Gasteiger partial charge is 0.348 e. The third-order valence-corrected chi connectivity index (χ3v) is 2.42. The summed E-state index contributed by atoms with van der Waals surface area (Å²) >= 11 is 5.79. The van der Waals surface area contributed by atoms with Crippen LogP contribution in [0.2, 0.25) is 5.02 Å². The highest BCUT2D eigenvalue weighted by Gasteiger charge is 2.22. The molecule has 0 aromatic heterocycles. The van der Waals surface area contributed by atoms with E-state index in [0.717, 1.165) is 0 Å². The van der Waals surface area contributed by atoms with Crippen LogP contribution in [0.25, 0.3) is 0 Å². The molecule has 0 aliphatic heterocycles. The highest BCUT2D eigenvalue weighted by Crippen LogP contribution is 2.17. The Balaban J connectivity index is 0.00000324. The number of likely N-dealkylation sites (N-methyl/N-ethyl adjacent to an activating group) is 1. The predicted molar refractivity (Wildman–Crippen MR) is 78.3 cm³/mol. The van der Waals surface area contributed by atoms with Gasteiger partial charge in [-0.1, -0.05) is 11.6 Å². The van der Waals surface area contributed by atoms with Crippen molar-refractivity contribution in [1.82, 2.24) is 4.90 Å². The van der Waals surface area contributed by atoms with Crippen LogP contribution in [0.4, 0.5) is 0 Å². The Kier molecular flexibility index (Phi) is 8.56. The van der Waals surface area contributed by atoms with Crippen molar-refractivity contribution in [2.24, 2.45) is 0 Å². The maximum absolute atomic E-state index is 11.8. The number of nitrogens with zero attached hydrogens (tertiary/aromatic N) is 1. The molecule has 0 fully saturated rings. The minimum absolute atomic E-state index is 0. The van der Waals surface area contributed by atoms with Crippen LogP contribution in [0, 0.1) is 0 Å². The molecule has 0 N–H and O–H groups in total. The van der Waals surface area contributed by atoms with Crippen LogP contribution in [-0.4, -0.2) is 44.2 Å². The zero-order valence-electron chi connectivity index (χ0n) is 11.3. The third kappa shape index (κ3) is 6.66. The van der Waals surface area contributed by atoms with Gasteiger partial charge >= 0.3 is 5.97 Å². The molecule has 4 nitrogen and oxygen atoms in total. The van der Waals surface area contributed by atoms with E-state index in [1.165, 1.54) is 0 Å². The molecular formula is C13H19Cl2NO3. The molecule has 19 heavy (non-hydrogen) atoms. The number of carbonyl (C=O) groups excluding carboxylic acids is 1. The average Bonchev–Trinajstić information content (AvgIpc) is 2.31. The van der Waals surface area contributed by atoms with Crippen molar-refractivity contribution in [2.45, 2.75) is 13.0 Å². The number of hydrogen-bond acceptors (Lipinski definition) is 4. The fraction of sp³-hybridized carbons (Fsp3) is 0.462. The van der Waals surface area contributed by atoms with Crippen molar-refractivity contribution in [3.63, 3.8) is 0 Å². The first kappa shape index (κ1) is 18.0. The molecule has 1 aromatic rings. The van der Waals surface area contributed by atoms with Crippen LogP contribution < -0.4 is 4.74 Å². The largest absolute Gasteiger partial charge is 0.477 e. The van der Waals surface area contributed by atoms with Crippen molar-refractivity contribution in [1.29, 1.82) is 0 Å². The van der Waals surface area contributed by atoms with Gasteiger partial charge in [0.15, 0.2) is 0 Å². The second-order valence-electron chi connectivity index (χ2n) is 4.07. The van der Waals surface area contributed by atoms with E-state index in [9.17, 15) is 4.79 Å². The number of ether oxygens (including phenoxy) is 2. The van der Waals surface area contributed by atoms with E-state index in [1.807, 2.05) is 19.0 Å². The van der Waals surface area contributed by atoms with E-state index in [1.54, 1.807) is 31.2 Å². The third-order valence-electron chi connectivity index (χ3n) is 2.17. The summed E-state index contributed by atoms with van der Waals surface area (Å²) in [5.41, 5.74) is 0. The second kappa shape index (κ2) is 9.02. The number of carbonyl (C=O) groups is 1. The molecule has 0 spiro atoms. The first-order valence-corrected chi connectivity index (χ1v) is 6.14. The van der Waals surface area contributed by atoms with Gasteiger partial charge in [-0.15, -0.1) is 12.4 Å². The van der Waals surface area contributed by atoms with Gasteiger partial charge in [0.05, 0.1) is 6.61 Å². The number of benzene rings is 1. The summed E-state index contributed by atoms with van der Waals surface area (Å²) in [6.07, 6.45) is -0.638. The molecule has 1 aromatic carbocycles. The molecular weight excluding hydrogens is 289 g/mol. The van der Waals surface area contributed by atoms with Gasteiger partial charge < -0.3 is 14.4 Å². The van der Waals surface area contributed by atoms with Gasteiger partial charge in [-0.2, -0.15) is 0 Å². The molecule has 1 atom stereocenters. The normalized spacial score (nSPS) is 11.6. The minimum atomic E-state index is -0.638. The molecule has 1 unspecified atom stereocenters. The predicted octanol–water partition coefficient (Wildman–Crippen LogP) is 2.63. The lowest BCUT2D eigenvalue weighted by Crippen LogP contribution is -2.38. The summed E-state index contributed by atoms with van der Waals surface area (Å²) in [7, 11) is 3.74. The highest BCUT2D eigenvalue weighted by atomic mass is 35.5. The van der Waals surface area contributed by atoms with Gasteiger partial charge in [-0.25, -0.2) is 4.79 Å². The summed E-state index contributed by atoms with van der Waals surface area (Å²) < 4.78 is 10.6. The van der Waals surface area contributed by atoms with Gasteiger partial charge in [-0.3, -0.25) is 0 Å². The zero-order valence-corrected chi connectivity index (χ0v) is 12.8. The standard InChI is InChI=1S/C13H18ClNO3.ClH/c1-4-17-13(16)12(9-15(2)3)18-11-7-5-10(14)6-8-11;/h5-8,12H,4,9H2,1-3H3;1H. The lowest BCUT2D eigenvalue weighted by Gasteiger charge is -2.20. The molecule has 0 aliphatic rings. The Hall–Kier alpha value is -0.970. The fourth-order valence-electron chi connectivity index (χ4n) is 1.40.